The van der Waals surface area contributed by atoms with Gasteiger partial charge in [-0.3, -0.25) is 10.1 Å². The van der Waals surface area contributed by atoms with E-state index >= 15 is 0 Å². The first-order valence-corrected chi connectivity index (χ1v) is 5.54. The zero-order valence-electron chi connectivity index (χ0n) is 10.5. The molecule has 0 unspecified atom stereocenters. The number of ether oxygens (including phenoxy) is 1. The average molecular weight is 260 g/mol. The topological polar surface area (TPSA) is 90.2 Å². The maximum absolute atomic E-state index is 10.9. The molecule has 1 N–H and O–H groups in total. The minimum Gasteiger partial charge on any atom is -0.431 e. The lowest BCUT2D eigenvalue weighted by Gasteiger charge is -2.09. The SMILES string of the molecule is CNc1ncnc(Oc2ccccc2[N+](=O)[O-])c1C. The monoisotopic (exact) mass is 260 g/mol. The lowest BCUT2D eigenvalue weighted by molar-refractivity contribution is -0.385. The summed E-state index contributed by atoms with van der Waals surface area (Å²) in [5, 5.41) is 13.8. The van der Waals surface area contributed by atoms with E-state index in [0.717, 1.165) is 0 Å². The molecule has 19 heavy (non-hydrogen) atoms. The van der Waals surface area contributed by atoms with Crippen LogP contribution in [0.15, 0.2) is 30.6 Å². The molecule has 0 aliphatic rings. The van der Waals surface area contributed by atoms with Crippen molar-refractivity contribution in [2.45, 2.75) is 6.92 Å². The summed E-state index contributed by atoms with van der Waals surface area (Å²) in [4.78, 5) is 18.4. The molecular formula is C12H12N4O3. The summed E-state index contributed by atoms with van der Waals surface area (Å²) in [6.45, 7) is 1.77. The first-order valence-electron chi connectivity index (χ1n) is 5.54. The molecule has 2 rings (SSSR count). The van der Waals surface area contributed by atoms with E-state index in [0.29, 0.717) is 11.4 Å². The van der Waals surface area contributed by atoms with Crippen LogP contribution in [0, 0.1) is 17.0 Å². The summed E-state index contributed by atoms with van der Waals surface area (Å²) < 4.78 is 5.51. The predicted octanol–water partition coefficient (Wildman–Crippen LogP) is 2.53. The molecule has 1 aromatic carbocycles. The Kier molecular flexibility index (Phi) is 3.56. The number of nitro groups is 1. The fourth-order valence-electron chi connectivity index (χ4n) is 1.59. The van der Waals surface area contributed by atoms with Gasteiger partial charge in [0.2, 0.25) is 11.6 Å². The van der Waals surface area contributed by atoms with Crippen molar-refractivity contribution in [3.8, 4) is 11.6 Å². The molecule has 0 aliphatic heterocycles. The van der Waals surface area contributed by atoms with Gasteiger partial charge in [-0.1, -0.05) is 12.1 Å². The molecule has 7 nitrogen and oxygen atoms in total. The summed E-state index contributed by atoms with van der Waals surface area (Å²) in [5.41, 5.74) is 0.578. The minimum absolute atomic E-state index is 0.105. The van der Waals surface area contributed by atoms with Crippen molar-refractivity contribution >= 4 is 11.5 Å². The Hall–Kier alpha value is -2.70. The van der Waals surface area contributed by atoms with E-state index < -0.39 is 4.92 Å². The van der Waals surface area contributed by atoms with Crippen LogP contribution in [0.3, 0.4) is 0 Å². The molecule has 0 spiro atoms. The second-order valence-electron chi connectivity index (χ2n) is 3.73. The van der Waals surface area contributed by atoms with E-state index in [1.807, 2.05) is 0 Å². The van der Waals surface area contributed by atoms with Gasteiger partial charge < -0.3 is 10.1 Å². The number of anilines is 1. The Morgan fingerprint density at radius 2 is 2.05 bits per heavy atom. The van der Waals surface area contributed by atoms with Crippen molar-refractivity contribution in [3.05, 3.63) is 46.3 Å². The molecule has 0 amide bonds. The Morgan fingerprint density at radius 1 is 1.32 bits per heavy atom. The van der Waals surface area contributed by atoms with Crippen LogP contribution in [-0.4, -0.2) is 21.9 Å². The average Bonchev–Trinajstić information content (AvgIpc) is 2.41. The van der Waals surface area contributed by atoms with Gasteiger partial charge in [-0.25, -0.2) is 9.97 Å². The zero-order chi connectivity index (χ0) is 13.8. The van der Waals surface area contributed by atoms with E-state index in [2.05, 4.69) is 15.3 Å². The highest BCUT2D eigenvalue weighted by Gasteiger charge is 2.16. The third-order valence-corrected chi connectivity index (χ3v) is 2.54. The fraction of sp³-hybridized carbons (Fsp3) is 0.167. The summed E-state index contributed by atoms with van der Waals surface area (Å²) >= 11 is 0. The second-order valence-corrected chi connectivity index (χ2v) is 3.73. The molecule has 0 radical (unpaired) electrons. The van der Waals surface area contributed by atoms with E-state index in [9.17, 15) is 10.1 Å². The van der Waals surface area contributed by atoms with Gasteiger partial charge in [0.1, 0.15) is 12.1 Å². The lowest BCUT2D eigenvalue weighted by atomic mass is 10.3. The van der Waals surface area contributed by atoms with Gasteiger partial charge in [-0.15, -0.1) is 0 Å². The van der Waals surface area contributed by atoms with Crippen LogP contribution in [0.4, 0.5) is 11.5 Å². The van der Waals surface area contributed by atoms with Crippen LogP contribution in [-0.2, 0) is 0 Å². The van der Waals surface area contributed by atoms with Crippen molar-refractivity contribution in [1.29, 1.82) is 0 Å². The van der Waals surface area contributed by atoms with Crippen molar-refractivity contribution in [2.24, 2.45) is 0 Å². The van der Waals surface area contributed by atoms with Crippen LogP contribution in [0.1, 0.15) is 5.56 Å². The fourth-order valence-corrected chi connectivity index (χ4v) is 1.59. The van der Waals surface area contributed by atoms with Crippen LogP contribution in [0.2, 0.25) is 0 Å². The highest BCUT2D eigenvalue weighted by Crippen LogP contribution is 2.32. The van der Waals surface area contributed by atoms with Gasteiger partial charge in [0.05, 0.1) is 10.5 Å². The molecule has 7 heteroatoms. The van der Waals surface area contributed by atoms with E-state index in [4.69, 9.17) is 4.74 Å². The summed E-state index contributed by atoms with van der Waals surface area (Å²) in [6, 6.07) is 6.15. The second kappa shape index (κ2) is 5.30. The third-order valence-electron chi connectivity index (χ3n) is 2.54. The third kappa shape index (κ3) is 2.59. The molecule has 98 valence electrons. The standard InChI is InChI=1S/C12H12N4O3/c1-8-11(13-2)14-7-15-12(8)19-10-6-4-3-5-9(10)16(17)18/h3-7H,1-2H3,(H,13,14,15). The van der Waals surface area contributed by atoms with Gasteiger partial charge in [0.25, 0.3) is 0 Å². The molecule has 1 aromatic heterocycles. The number of benzene rings is 1. The maximum atomic E-state index is 10.9. The molecular weight excluding hydrogens is 248 g/mol. The predicted molar refractivity (Wildman–Crippen MR) is 69.5 cm³/mol. The Bertz CT molecular complexity index is 616. The molecule has 0 bridgehead atoms. The van der Waals surface area contributed by atoms with Gasteiger partial charge in [0.15, 0.2) is 0 Å². The van der Waals surface area contributed by atoms with E-state index in [1.165, 1.54) is 18.5 Å². The van der Waals surface area contributed by atoms with Crippen molar-refractivity contribution in [3.63, 3.8) is 0 Å². The van der Waals surface area contributed by atoms with Crippen LogP contribution >= 0.6 is 0 Å². The summed E-state index contributed by atoms with van der Waals surface area (Å²) in [5.74, 6) is 1.05. The number of hydrogen-bond donors (Lipinski definition) is 1. The number of hydrogen-bond acceptors (Lipinski definition) is 6. The van der Waals surface area contributed by atoms with Crippen LogP contribution < -0.4 is 10.1 Å². The van der Waals surface area contributed by atoms with Gasteiger partial charge in [0, 0.05) is 13.1 Å². The van der Waals surface area contributed by atoms with Crippen molar-refractivity contribution < 1.29 is 9.66 Å². The summed E-state index contributed by atoms with van der Waals surface area (Å²) in [7, 11) is 1.73. The Labute approximate surface area is 109 Å². The van der Waals surface area contributed by atoms with Gasteiger partial charge in [-0.05, 0) is 13.0 Å². The zero-order valence-corrected chi connectivity index (χ0v) is 10.5. The van der Waals surface area contributed by atoms with E-state index in [1.54, 1.807) is 26.1 Å². The first kappa shape index (κ1) is 12.7. The number of nitrogens with zero attached hydrogens (tertiary/aromatic N) is 3. The molecule has 0 atom stereocenters. The van der Waals surface area contributed by atoms with Crippen molar-refractivity contribution in [1.82, 2.24) is 9.97 Å². The van der Waals surface area contributed by atoms with Gasteiger partial charge >= 0.3 is 5.69 Å². The first-order chi connectivity index (χ1) is 9.13. The number of rotatable bonds is 4. The minimum atomic E-state index is -0.495. The smallest absolute Gasteiger partial charge is 0.311 e. The molecule has 2 aromatic rings. The van der Waals surface area contributed by atoms with E-state index in [-0.39, 0.29) is 17.3 Å². The molecule has 1 heterocycles. The van der Waals surface area contributed by atoms with Crippen molar-refractivity contribution in [2.75, 3.05) is 12.4 Å². The largest absolute Gasteiger partial charge is 0.431 e. The molecule has 0 saturated heterocycles. The normalized spacial score (nSPS) is 10.0. The maximum Gasteiger partial charge on any atom is 0.311 e. The quantitative estimate of drug-likeness (QED) is 0.671. The highest BCUT2D eigenvalue weighted by atomic mass is 16.6. The molecule has 0 saturated carbocycles. The van der Waals surface area contributed by atoms with Crippen LogP contribution in [0.25, 0.3) is 0 Å². The lowest BCUT2D eigenvalue weighted by Crippen LogP contribution is -2.01. The number of nitro benzene ring substituents is 1. The number of aromatic nitrogens is 2. The summed E-state index contributed by atoms with van der Waals surface area (Å²) in [6.07, 6.45) is 1.34. The Balaban J connectivity index is 2.39. The molecule has 0 fully saturated rings. The molecule has 0 aliphatic carbocycles. The van der Waals surface area contributed by atoms with Gasteiger partial charge in [-0.2, -0.15) is 0 Å². The highest BCUT2D eigenvalue weighted by molar-refractivity contribution is 5.51. The Morgan fingerprint density at radius 3 is 2.74 bits per heavy atom. The van der Waals surface area contributed by atoms with Crippen LogP contribution in [0.5, 0.6) is 11.6 Å². The number of nitrogens with one attached hydrogen (secondary N) is 1. The number of para-hydroxylation sites is 2.